The summed E-state index contributed by atoms with van der Waals surface area (Å²) in [7, 11) is 0. The molecule has 0 atom stereocenters. The normalized spacial score (nSPS) is 14.1. The Bertz CT molecular complexity index is 251. The summed E-state index contributed by atoms with van der Waals surface area (Å²) < 4.78 is 2.56. The van der Waals surface area contributed by atoms with Gasteiger partial charge in [-0.3, -0.25) is 4.79 Å². The van der Waals surface area contributed by atoms with Crippen molar-refractivity contribution in [1.29, 1.82) is 0 Å². The highest BCUT2D eigenvalue weighted by Gasteiger charge is 2.60. The molecule has 0 aromatic heterocycles. The SMILES string of the molecule is O=COCC(Br)(Br)C(Br)(Br)C(Br)(Br)C(Br)Br. The molecular weight excluding hydrogens is 743 g/mol. The van der Waals surface area contributed by atoms with Gasteiger partial charge in [0.15, 0.2) is 0 Å². The van der Waals surface area contributed by atoms with Crippen LogP contribution in [0.5, 0.6) is 0 Å². The van der Waals surface area contributed by atoms with Crippen LogP contribution in [0.3, 0.4) is 0 Å². The van der Waals surface area contributed by atoms with Crippen LogP contribution in [0.2, 0.25) is 0 Å². The van der Waals surface area contributed by atoms with E-state index < -0.39 is 9.70 Å². The van der Waals surface area contributed by atoms with Gasteiger partial charge in [-0.2, -0.15) is 0 Å². The molecule has 2 nitrogen and oxygen atoms in total. The molecule has 0 bridgehead atoms. The largest absolute Gasteiger partial charge is 0.465 e. The van der Waals surface area contributed by atoms with Crippen LogP contribution in [0, 0.1) is 0 Å². The number of rotatable bonds is 6. The molecule has 0 radical (unpaired) electrons. The van der Waals surface area contributed by atoms with Crippen molar-refractivity contribution >= 4 is 134 Å². The first-order valence-electron chi connectivity index (χ1n) is 3.47. The van der Waals surface area contributed by atoms with Crippen molar-refractivity contribution in [2.24, 2.45) is 0 Å². The van der Waals surface area contributed by atoms with Crippen LogP contribution in [0.15, 0.2) is 0 Å². The number of hydrogen-bond donors (Lipinski definition) is 0. The zero-order chi connectivity index (χ0) is 13.2. The molecule has 96 valence electrons. The third-order valence-corrected chi connectivity index (χ3v) is 15.9. The summed E-state index contributed by atoms with van der Waals surface area (Å²) in [6.45, 7) is 0.496. The predicted molar refractivity (Wildman–Crippen MR) is 95.4 cm³/mol. The maximum Gasteiger partial charge on any atom is 0.293 e. The zero-order valence-corrected chi connectivity index (χ0v) is 19.9. The molecule has 0 aliphatic rings. The number of ether oxygens (including phenoxy) is 1. The number of carbonyl (C=O) groups is 1. The Labute approximate surface area is 161 Å². The minimum Gasteiger partial charge on any atom is -0.465 e. The predicted octanol–water partition coefficient (Wildman–Crippen LogP) is 5.73. The first-order valence-corrected chi connectivity index (χ1v) is 10.1. The molecule has 0 amide bonds. The van der Waals surface area contributed by atoms with Gasteiger partial charge in [0.05, 0.1) is 3.74 Å². The molecule has 0 aromatic rings. The average molecular weight is 747 g/mol. The Morgan fingerprint density at radius 2 is 1.50 bits per heavy atom. The molecule has 16 heavy (non-hydrogen) atoms. The summed E-state index contributed by atoms with van der Waals surface area (Å²) in [5.41, 5.74) is 0. The topological polar surface area (TPSA) is 26.3 Å². The molecule has 0 spiro atoms. The first kappa shape index (κ1) is 19.3. The molecule has 0 aromatic carbocycles. The van der Waals surface area contributed by atoms with Gasteiger partial charge in [0, 0.05) is 0 Å². The van der Waals surface area contributed by atoms with E-state index in [4.69, 9.17) is 4.74 Å². The Hall–Kier alpha value is 3.31. The monoisotopic (exact) mass is 739 g/mol. The van der Waals surface area contributed by atoms with E-state index in [9.17, 15) is 4.79 Å². The summed E-state index contributed by atoms with van der Waals surface area (Å²) in [5, 5.41) is 0. The molecule has 0 unspecified atom stereocenters. The van der Waals surface area contributed by atoms with Crippen LogP contribution in [0.25, 0.3) is 0 Å². The maximum absolute atomic E-state index is 10.2. The van der Waals surface area contributed by atoms with E-state index in [1.807, 2.05) is 0 Å². The van der Waals surface area contributed by atoms with Crippen LogP contribution < -0.4 is 0 Å². The van der Waals surface area contributed by atoms with E-state index >= 15 is 0 Å². The van der Waals surface area contributed by atoms with Gasteiger partial charge >= 0.3 is 0 Å². The van der Waals surface area contributed by atoms with Gasteiger partial charge in [-0.1, -0.05) is 127 Å². The van der Waals surface area contributed by atoms with Gasteiger partial charge in [-0.15, -0.1) is 0 Å². The molecule has 0 aliphatic carbocycles. The highest BCUT2D eigenvalue weighted by atomic mass is 79.9. The second kappa shape index (κ2) is 7.36. The van der Waals surface area contributed by atoms with Crippen molar-refractivity contribution in [3.05, 3.63) is 0 Å². The van der Waals surface area contributed by atoms with Crippen LogP contribution in [0.4, 0.5) is 0 Å². The summed E-state index contributed by atoms with van der Waals surface area (Å²) in [5.74, 6) is 0. The average Bonchev–Trinajstić information content (AvgIpc) is 2.13. The third kappa shape index (κ3) is 4.41. The van der Waals surface area contributed by atoms with E-state index in [1.165, 1.54) is 0 Å². The van der Waals surface area contributed by atoms with Crippen molar-refractivity contribution in [2.75, 3.05) is 6.61 Å². The Morgan fingerprint density at radius 1 is 1.06 bits per heavy atom. The van der Waals surface area contributed by atoms with Gasteiger partial charge < -0.3 is 4.74 Å². The second-order valence-electron chi connectivity index (χ2n) is 2.61. The Morgan fingerprint density at radius 3 is 1.81 bits per heavy atom. The molecule has 0 aliphatic heterocycles. The number of halogens is 8. The maximum atomic E-state index is 10.2. The zero-order valence-electron chi connectivity index (χ0n) is 7.20. The first-order chi connectivity index (χ1) is 7.00. The van der Waals surface area contributed by atoms with Gasteiger partial charge in [0.25, 0.3) is 6.47 Å². The van der Waals surface area contributed by atoms with Gasteiger partial charge in [-0.25, -0.2) is 0 Å². The highest BCUT2D eigenvalue weighted by Crippen LogP contribution is 2.63. The van der Waals surface area contributed by atoms with Gasteiger partial charge in [0.2, 0.25) is 0 Å². The highest BCUT2D eigenvalue weighted by molar-refractivity contribution is 9.34. The molecule has 0 N–H and O–H groups in total. The number of carbonyl (C=O) groups excluding carboxylic acids is 1. The smallest absolute Gasteiger partial charge is 0.293 e. The molecule has 0 heterocycles. The van der Waals surface area contributed by atoms with E-state index in [1.54, 1.807) is 0 Å². The quantitative estimate of drug-likeness (QED) is 0.257. The summed E-state index contributed by atoms with van der Waals surface area (Å²) >= 11 is 27.8. The number of alkyl halides is 8. The molecular formula is C6H4Br8O2. The van der Waals surface area contributed by atoms with Crippen molar-refractivity contribution < 1.29 is 9.53 Å². The van der Waals surface area contributed by atoms with Crippen molar-refractivity contribution in [2.45, 2.75) is 13.4 Å². The molecule has 0 saturated carbocycles. The fourth-order valence-corrected chi connectivity index (χ4v) is 5.84. The van der Waals surface area contributed by atoms with Crippen LogP contribution >= 0.6 is 127 Å². The van der Waals surface area contributed by atoms with E-state index in [-0.39, 0.29) is 10.3 Å². The van der Waals surface area contributed by atoms with Crippen LogP contribution in [-0.2, 0) is 9.53 Å². The van der Waals surface area contributed by atoms with Crippen molar-refractivity contribution in [3.63, 3.8) is 0 Å². The molecule has 10 heteroatoms. The lowest BCUT2D eigenvalue weighted by Gasteiger charge is -2.43. The van der Waals surface area contributed by atoms with Crippen molar-refractivity contribution in [3.8, 4) is 0 Å². The third-order valence-electron chi connectivity index (χ3n) is 1.48. The summed E-state index contributed by atoms with van der Waals surface area (Å²) in [6.07, 6.45) is 0. The minimum absolute atomic E-state index is 0.110. The van der Waals surface area contributed by atoms with E-state index in [2.05, 4.69) is 127 Å². The van der Waals surface area contributed by atoms with Crippen LogP contribution in [0.1, 0.15) is 0 Å². The number of hydrogen-bond acceptors (Lipinski definition) is 2. The Kier molecular flexibility index (Phi) is 8.88. The van der Waals surface area contributed by atoms with E-state index in [0.717, 1.165) is 0 Å². The van der Waals surface area contributed by atoms with Gasteiger partial charge in [0.1, 0.15) is 16.3 Å². The Balaban J connectivity index is 5.08. The fraction of sp³-hybridized carbons (Fsp3) is 0.833. The summed E-state index contributed by atoms with van der Waals surface area (Å²) in [6, 6.07) is 0. The minimum atomic E-state index is -0.735. The molecule has 0 fully saturated rings. The van der Waals surface area contributed by atoms with Gasteiger partial charge in [-0.05, 0) is 0 Å². The fourth-order valence-electron chi connectivity index (χ4n) is 0.610. The standard InChI is InChI=1S/C6H4Br8O2/c7-3(8)5(11,12)6(13,14)4(9,10)1-16-2-15/h2-3H,1H2. The van der Waals surface area contributed by atoms with Crippen molar-refractivity contribution in [1.82, 2.24) is 0 Å². The van der Waals surface area contributed by atoms with Crippen LogP contribution in [-0.4, -0.2) is 26.5 Å². The lowest BCUT2D eigenvalue weighted by molar-refractivity contribution is -0.128. The second-order valence-corrected chi connectivity index (χ2v) is 16.5. The van der Waals surface area contributed by atoms with E-state index in [0.29, 0.717) is 6.47 Å². The lowest BCUT2D eigenvalue weighted by atomic mass is 10.2. The molecule has 0 saturated heterocycles. The summed E-state index contributed by atoms with van der Waals surface area (Å²) in [4.78, 5) is 10.2. The lowest BCUT2D eigenvalue weighted by Crippen LogP contribution is -2.52. The molecule has 0 rings (SSSR count).